The average Bonchev–Trinajstić information content (AvgIpc) is 2.80. The van der Waals surface area contributed by atoms with Gasteiger partial charge in [-0.25, -0.2) is 0 Å². The lowest BCUT2D eigenvalue weighted by Crippen LogP contribution is -1.88. The van der Waals surface area contributed by atoms with Gasteiger partial charge in [0.1, 0.15) is 5.69 Å². The van der Waals surface area contributed by atoms with Crippen molar-refractivity contribution in [2.24, 2.45) is 0 Å². The molecule has 0 spiro atoms. The van der Waals surface area contributed by atoms with Gasteiger partial charge in [-0.3, -0.25) is 4.98 Å². The largest absolute Gasteiger partial charge is 0.367 e. The van der Waals surface area contributed by atoms with Crippen LogP contribution < -0.4 is 5.73 Å². The quantitative estimate of drug-likeness (QED) is 0.774. The Bertz CT molecular complexity index is 733. The van der Waals surface area contributed by atoms with Crippen LogP contribution in [0.3, 0.4) is 0 Å². The first kappa shape index (κ1) is 12.7. The fourth-order valence-electron chi connectivity index (χ4n) is 2.17. The Morgan fingerprint density at radius 3 is 2.55 bits per heavy atom. The molecule has 2 aromatic heterocycles. The summed E-state index contributed by atoms with van der Waals surface area (Å²) >= 11 is 6.11. The number of aryl methyl sites for hydroxylation is 1. The van der Waals surface area contributed by atoms with Crippen molar-refractivity contribution in [3.63, 3.8) is 0 Å². The minimum Gasteiger partial charge on any atom is -0.367 e. The Hall–Kier alpha value is -2.33. The van der Waals surface area contributed by atoms with Crippen LogP contribution in [0.4, 0.5) is 5.88 Å². The van der Waals surface area contributed by atoms with Gasteiger partial charge in [-0.15, -0.1) is 0 Å². The highest BCUT2D eigenvalue weighted by Gasteiger charge is 2.17. The lowest BCUT2D eigenvalue weighted by Gasteiger charge is -2.04. The third-order valence-corrected chi connectivity index (χ3v) is 3.22. The maximum atomic E-state index is 6.11. The lowest BCUT2D eigenvalue weighted by molar-refractivity contribution is 0.439. The van der Waals surface area contributed by atoms with Gasteiger partial charge in [-0.05, 0) is 48.4 Å². The number of pyridine rings is 1. The molecule has 0 unspecified atom stereocenters. The van der Waals surface area contributed by atoms with E-state index in [1.807, 2.05) is 37.3 Å². The molecule has 1 aromatic carbocycles. The smallest absolute Gasteiger partial charge is 0.230 e. The lowest BCUT2D eigenvalue weighted by atomic mass is 10.0. The van der Waals surface area contributed by atoms with E-state index in [2.05, 4.69) is 10.1 Å². The van der Waals surface area contributed by atoms with Gasteiger partial charge in [0.05, 0.1) is 5.56 Å². The Morgan fingerprint density at radius 2 is 1.85 bits per heavy atom. The van der Waals surface area contributed by atoms with Crippen LogP contribution >= 0.6 is 11.6 Å². The van der Waals surface area contributed by atoms with E-state index in [1.165, 1.54) is 0 Å². The van der Waals surface area contributed by atoms with E-state index in [4.69, 9.17) is 21.9 Å². The average molecular weight is 286 g/mol. The summed E-state index contributed by atoms with van der Waals surface area (Å²) < 4.78 is 5.15. The van der Waals surface area contributed by atoms with Crippen LogP contribution in [0.2, 0.25) is 5.02 Å². The van der Waals surface area contributed by atoms with Crippen LogP contribution in [-0.4, -0.2) is 10.1 Å². The molecule has 0 saturated heterocycles. The number of hydrogen-bond acceptors (Lipinski definition) is 4. The predicted octanol–water partition coefficient (Wildman–Crippen LogP) is 3.95. The molecule has 2 heterocycles. The molecule has 0 amide bonds. The van der Waals surface area contributed by atoms with Crippen LogP contribution in [0.15, 0.2) is 47.2 Å². The van der Waals surface area contributed by atoms with Gasteiger partial charge in [-0.2, -0.15) is 0 Å². The van der Waals surface area contributed by atoms with Crippen molar-refractivity contribution in [1.29, 1.82) is 0 Å². The number of nitrogens with two attached hydrogens (primary N) is 1. The molecule has 3 aromatic rings. The number of hydrogen-bond donors (Lipinski definition) is 1. The Balaban J connectivity index is 2.21. The topological polar surface area (TPSA) is 64.9 Å². The Labute approximate surface area is 121 Å². The normalized spacial score (nSPS) is 10.7. The second kappa shape index (κ2) is 4.98. The second-order valence-electron chi connectivity index (χ2n) is 4.52. The third kappa shape index (κ3) is 2.26. The molecule has 20 heavy (non-hydrogen) atoms. The molecule has 0 aliphatic carbocycles. The number of nitrogens with zero attached hydrogens (tertiary/aromatic N) is 2. The number of rotatable bonds is 2. The maximum Gasteiger partial charge on any atom is 0.230 e. The van der Waals surface area contributed by atoms with Gasteiger partial charge in [0.15, 0.2) is 0 Å². The van der Waals surface area contributed by atoms with E-state index in [9.17, 15) is 0 Å². The molecular formula is C15H12ClN3O. The summed E-state index contributed by atoms with van der Waals surface area (Å²) in [4.78, 5) is 4.00. The van der Waals surface area contributed by atoms with Gasteiger partial charge < -0.3 is 10.3 Å². The fourth-order valence-corrected chi connectivity index (χ4v) is 2.46. The van der Waals surface area contributed by atoms with Crippen molar-refractivity contribution in [3.05, 3.63) is 53.3 Å². The predicted molar refractivity (Wildman–Crippen MR) is 79.3 cm³/mol. The highest BCUT2D eigenvalue weighted by molar-refractivity contribution is 6.31. The van der Waals surface area contributed by atoms with Crippen LogP contribution in [0.25, 0.3) is 22.4 Å². The molecule has 0 radical (unpaired) electrons. The van der Waals surface area contributed by atoms with Crippen molar-refractivity contribution in [3.8, 4) is 22.4 Å². The first-order valence-electron chi connectivity index (χ1n) is 6.08. The van der Waals surface area contributed by atoms with Crippen molar-refractivity contribution in [1.82, 2.24) is 10.1 Å². The second-order valence-corrected chi connectivity index (χ2v) is 4.96. The van der Waals surface area contributed by atoms with E-state index in [0.717, 1.165) is 22.3 Å². The first-order valence-corrected chi connectivity index (χ1v) is 6.46. The Morgan fingerprint density at radius 1 is 1.10 bits per heavy atom. The van der Waals surface area contributed by atoms with Crippen LogP contribution in [-0.2, 0) is 0 Å². The zero-order chi connectivity index (χ0) is 14.1. The van der Waals surface area contributed by atoms with Crippen LogP contribution in [0.5, 0.6) is 0 Å². The summed E-state index contributed by atoms with van der Waals surface area (Å²) in [7, 11) is 0. The van der Waals surface area contributed by atoms with Gasteiger partial charge in [0, 0.05) is 23.0 Å². The minimum atomic E-state index is 0.281. The van der Waals surface area contributed by atoms with E-state index in [-0.39, 0.29) is 5.88 Å². The van der Waals surface area contributed by atoms with Gasteiger partial charge in [0.2, 0.25) is 5.88 Å². The molecule has 0 fully saturated rings. The highest BCUT2D eigenvalue weighted by Crippen LogP contribution is 2.36. The van der Waals surface area contributed by atoms with E-state index in [1.54, 1.807) is 12.4 Å². The van der Waals surface area contributed by atoms with Crippen LogP contribution in [0, 0.1) is 6.92 Å². The third-order valence-electron chi connectivity index (χ3n) is 3.00. The van der Waals surface area contributed by atoms with E-state index >= 15 is 0 Å². The van der Waals surface area contributed by atoms with Crippen molar-refractivity contribution in [2.45, 2.75) is 6.92 Å². The number of anilines is 1. The monoisotopic (exact) mass is 285 g/mol. The summed E-state index contributed by atoms with van der Waals surface area (Å²) in [5.41, 5.74) is 10.2. The molecule has 0 aliphatic rings. The number of aromatic nitrogens is 2. The molecule has 2 N–H and O–H groups in total. The number of benzene rings is 1. The van der Waals surface area contributed by atoms with Crippen LogP contribution in [0.1, 0.15) is 5.56 Å². The van der Waals surface area contributed by atoms with Gasteiger partial charge in [-0.1, -0.05) is 16.8 Å². The van der Waals surface area contributed by atoms with Crippen molar-refractivity contribution >= 4 is 17.5 Å². The summed E-state index contributed by atoms with van der Waals surface area (Å²) in [5.74, 6) is 0.281. The standard InChI is InChI=1S/C15H12ClN3O/c1-9-6-11(8-12(16)7-9)14-13(15(17)20-19-14)10-2-4-18-5-3-10/h2-8H,17H2,1H3. The summed E-state index contributed by atoms with van der Waals surface area (Å²) in [6, 6.07) is 9.46. The minimum absolute atomic E-state index is 0.281. The molecule has 5 heteroatoms. The molecular weight excluding hydrogens is 274 g/mol. The van der Waals surface area contributed by atoms with E-state index in [0.29, 0.717) is 10.7 Å². The first-order chi connectivity index (χ1) is 9.65. The summed E-state index contributed by atoms with van der Waals surface area (Å²) in [6.45, 7) is 1.98. The summed E-state index contributed by atoms with van der Waals surface area (Å²) in [6.07, 6.45) is 3.41. The highest BCUT2D eigenvalue weighted by atomic mass is 35.5. The molecule has 100 valence electrons. The SMILES string of the molecule is Cc1cc(Cl)cc(-c2noc(N)c2-c2ccncc2)c1. The molecule has 3 rings (SSSR count). The van der Waals surface area contributed by atoms with Crippen molar-refractivity contribution in [2.75, 3.05) is 5.73 Å². The molecule has 0 aliphatic heterocycles. The van der Waals surface area contributed by atoms with E-state index < -0.39 is 0 Å². The molecule has 4 nitrogen and oxygen atoms in total. The van der Waals surface area contributed by atoms with Gasteiger partial charge in [0.25, 0.3) is 0 Å². The number of halogens is 1. The molecule has 0 atom stereocenters. The number of nitrogen functional groups attached to an aromatic ring is 1. The maximum absolute atomic E-state index is 6.11. The summed E-state index contributed by atoms with van der Waals surface area (Å²) in [5, 5.41) is 4.72. The van der Waals surface area contributed by atoms with Gasteiger partial charge >= 0.3 is 0 Å². The van der Waals surface area contributed by atoms with Crippen molar-refractivity contribution < 1.29 is 4.52 Å². The zero-order valence-electron chi connectivity index (χ0n) is 10.8. The molecule has 0 saturated carbocycles. The zero-order valence-corrected chi connectivity index (χ0v) is 11.6. The molecule has 0 bridgehead atoms. The Kier molecular flexibility index (Phi) is 3.16. The fraction of sp³-hybridized carbons (Fsp3) is 0.0667.